The summed E-state index contributed by atoms with van der Waals surface area (Å²) in [5.41, 5.74) is 0.363. The Morgan fingerprint density at radius 1 is 1.30 bits per heavy atom. The highest BCUT2D eigenvalue weighted by Gasteiger charge is 2.07. The average Bonchev–Trinajstić information content (AvgIpc) is 2.45. The van der Waals surface area contributed by atoms with Gasteiger partial charge in [-0.25, -0.2) is 4.79 Å². The maximum Gasteiger partial charge on any atom is 0.331 e. The Hall–Kier alpha value is -1.81. The van der Waals surface area contributed by atoms with Crippen LogP contribution in [0, 0.1) is 0 Å². The van der Waals surface area contributed by atoms with E-state index in [-0.39, 0.29) is 6.61 Å². The van der Waals surface area contributed by atoms with Crippen molar-refractivity contribution in [3.05, 3.63) is 52.5 Å². The fraction of sp³-hybridized carbons (Fsp3) is 0.188. The Morgan fingerprint density at radius 3 is 2.75 bits per heavy atom. The third-order valence-electron chi connectivity index (χ3n) is 3.05. The normalized spacial score (nSPS) is 11.6. The van der Waals surface area contributed by atoms with Gasteiger partial charge in [0.2, 0.25) is 0 Å². The molecule has 0 saturated heterocycles. The zero-order chi connectivity index (χ0) is 14.5. The van der Waals surface area contributed by atoms with Gasteiger partial charge in [-0.05, 0) is 45.3 Å². The highest BCUT2D eigenvalue weighted by molar-refractivity contribution is 9.10. The van der Waals surface area contributed by atoms with Gasteiger partial charge in [0.1, 0.15) is 12.4 Å². The number of aliphatic carboxylic acids is 1. The van der Waals surface area contributed by atoms with Crippen molar-refractivity contribution < 1.29 is 14.6 Å². The summed E-state index contributed by atoms with van der Waals surface area (Å²) >= 11 is 3.53. The molecule has 0 aromatic heterocycles. The SMILES string of the molecule is CCC(=CCOc1ccc2ccccc2c1Br)C(=O)O. The van der Waals surface area contributed by atoms with Crippen molar-refractivity contribution in [1.29, 1.82) is 0 Å². The maximum atomic E-state index is 10.9. The van der Waals surface area contributed by atoms with Crippen molar-refractivity contribution in [2.24, 2.45) is 0 Å². The van der Waals surface area contributed by atoms with E-state index in [4.69, 9.17) is 9.84 Å². The van der Waals surface area contributed by atoms with Crippen LogP contribution in [0.5, 0.6) is 5.75 Å². The summed E-state index contributed by atoms with van der Waals surface area (Å²) in [6.07, 6.45) is 2.08. The molecule has 1 N–H and O–H groups in total. The largest absolute Gasteiger partial charge is 0.488 e. The summed E-state index contributed by atoms with van der Waals surface area (Å²) in [6, 6.07) is 11.9. The average molecular weight is 335 g/mol. The molecule has 0 fully saturated rings. The number of hydrogen-bond acceptors (Lipinski definition) is 2. The van der Waals surface area contributed by atoms with Crippen LogP contribution in [-0.4, -0.2) is 17.7 Å². The standard InChI is InChI=1S/C16H15BrO3/c1-2-11(16(18)19)9-10-20-14-8-7-12-5-3-4-6-13(12)15(14)17/h3-9H,2,10H2,1H3,(H,18,19). The van der Waals surface area contributed by atoms with Crippen molar-refractivity contribution in [3.8, 4) is 5.75 Å². The van der Waals surface area contributed by atoms with Crippen molar-refractivity contribution in [3.63, 3.8) is 0 Å². The molecule has 0 bridgehead atoms. The Labute approximate surface area is 126 Å². The number of hydrogen-bond donors (Lipinski definition) is 1. The van der Waals surface area contributed by atoms with Crippen molar-refractivity contribution in [2.45, 2.75) is 13.3 Å². The van der Waals surface area contributed by atoms with Crippen LogP contribution in [0.2, 0.25) is 0 Å². The molecule has 0 saturated carbocycles. The molecule has 0 aliphatic rings. The highest BCUT2D eigenvalue weighted by Crippen LogP contribution is 2.33. The minimum Gasteiger partial charge on any atom is -0.488 e. The number of halogens is 1. The summed E-state index contributed by atoms with van der Waals surface area (Å²) in [5.74, 6) is -0.186. The smallest absolute Gasteiger partial charge is 0.331 e. The summed E-state index contributed by atoms with van der Waals surface area (Å²) in [4.78, 5) is 10.9. The van der Waals surface area contributed by atoms with E-state index in [1.807, 2.05) is 43.3 Å². The molecular formula is C16H15BrO3. The molecule has 104 valence electrons. The van der Waals surface area contributed by atoms with E-state index >= 15 is 0 Å². The van der Waals surface area contributed by atoms with Crippen LogP contribution in [-0.2, 0) is 4.79 Å². The highest BCUT2D eigenvalue weighted by atomic mass is 79.9. The predicted molar refractivity (Wildman–Crippen MR) is 83.2 cm³/mol. The summed E-state index contributed by atoms with van der Waals surface area (Å²) in [6.45, 7) is 2.05. The van der Waals surface area contributed by atoms with E-state index in [0.717, 1.165) is 15.2 Å². The Balaban J connectivity index is 2.18. The zero-order valence-electron chi connectivity index (χ0n) is 11.1. The van der Waals surface area contributed by atoms with Crippen LogP contribution < -0.4 is 4.74 Å². The van der Waals surface area contributed by atoms with Crippen LogP contribution in [0.4, 0.5) is 0 Å². The van der Waals surface area contributed by atoms with E-state index in [2.05, 4.69) is 15.9 Å². The minimum absolute atomic E-state index is 0.242. The molecule has 0 aliphatic heterocycles. The third-order valence-corrected chi connectivity index (χ3v) is 3.87. The molecule has 0 spiro atoms. The summed E-state index contributed by atoms with van der Waals surface area (Å²) < 4.78 is 6.53. The van der Waals surface area contributed by atoms with E-state index < -0.39 is 5.97 Å². The second kappa shape index (κ2) is 6.57. The van der Waals surface area contributed by atoms with E-state index in [9.17, 15) is 4.79 Å². The van der Waals surface area contributed by atoms with Gasteiger partial charge >= 0.3 is 5.97 Å². The zero-order valence-corrected chi connectivity index (χ0v) is 12.7. The fourth-order valence-corrected chi connectivity index (χ4v) is 2.55. The summed E-state index contributed by atoms with van der Waals surface area (Å²) in [7, 11) is 0. The number of carbonyl (C=O) groups is 1. The quantitative estimate of drug-likeness (QED) is 0.824. The molecule has 2 aromatic rings. The van der Waals surface area contributed by atoms with Gasteiger partial charge in [0.05, 0.1) is 4.47 Å². The molecule has 0 atom stereocenters. The Kier molecular flexibility index (Phi) is 4.79. The van der Waals surface area contributed by atoms with Crippen LogP contribution in [0.3, 0.4) is 0 Å². The number of fused-ring (bicyclic) bond motifs is 1. The maximum absolute atomic E-state index is 10.9. The van der Waals surface area contributed by atoms with Gasteiger partial charge in [0.15, 0.2) is 0 Å². The second-order valence-corrected chi connectivity index (χ2v) is 5.09. The molecule has 0 unspecified atom stereocenters. The predicted octanol–water partition coefficient (Wildman–Crippen LogP) is 4.40. The van der Waals surface area contributed by atoms with Gasteiger partial charge in [0, 0.05) is 5.57 Å². The van der Waals surface area contributed by atoms with Crippen LogP contribution in [0.25, 0.3) is 10.8 Å². The second-order valence-electron chi connectivity index (χ2n) is 4.30. The number of carboxylic acid groups (broad SMARTS) is 1. The van der Waals surface area contributed by atoms with E-state index in [0.29, 0.717) is 17.7 Å². The van der Waals surface area contributed by atoms with Gasteiger partial charge in [-0.1, -0.05) is 37.3 Å². The lowest BCUT2D eigenvalue weighted by Gasteiger charge is -2.09. The number of carboxylic acids is 1. The van der Waals surface area contributed by atoms with Gasteiger partial charge < -0.3 is 9.84 Å². The van der Waals surface area contributed by atoms with Crippen LogP contribution >= 0.6 is 15.9 Å². The first-order chi connectivity index (χ1) is 9.63. The van der Waals surface area contributed by atoms with Crippen LogP contribution in [0.15, 0.2) is 52.5 Å². The third kappa shape index (κ3) is 3.20. The first kappa shape index (κ1) is 14.6. The lowest BCUT2D eigenvalue weighted by atomic mass is 10.1. The Morgan fingerprint density at radius 2 is 2.05 bits per heavy atom. The molecule has 20 heavy (non-hydrogen) atoms. The van der Waals surface area contributed by atoms with Crippen molar-refractivity contribution in [1.82, 2.24) is 0 Å². The minimum atomic E-state index is -0.895. The molecule has 0 amide bonds. The molecule has 2 rings (SSSR count). The first-order valence-electron chi connectivity index (χ1n) is 6.36. The van der Waals surface area contributed by atoms with Gasteiger partial charge in [-0.15, -0.1) is 0 Å². The number of rotatable bonds is 5. The van der Waals surface area contributed by atoms with Gasteiger partial charge in [-0.3, -0.25) is 0 Å². The topological polar surface area (TPSA) is 46.5 Å². The monoisotopic (exact) mass is 334 g/mol. The van der Waals surface area contributed by atoms with Gasteiger partial charge in [-0.2, -0.15) is 0 Å². The number of benzene rings is 2. The Bertz CT molecular complexity index is 662. The molecular weight excluding hydrogens is 320 g/mol. The molecule has 0 aliphatic carbocycles. The lowest BCUT2D eigenvalue weighted by molar-refractivity contribution is -0.132. The molecule has 0 heterocycles. The molecule has 0 radical (unpaired) electrons. The van der Waals surface area contributed by atoms with Gasteiger partial charge in [0.25, 0.3) is 0 Å². The van der Waals surface area contributed by atoms with Crippen molar-refractivity contribution in [2.75, 3.05) is 6.61 Å². The van der Waals surface area contributed by atoms with Crippen molar-refractivity contribution >= 4 is 32.7 Å². The fourth-order valence-electron chi connectivity index (χ4n) is 1.94. The van der Waals surface area contributed by atoms with Crippen LogP contribution in [0.1, 0.15) is 13.3 Å². The van der Waals surface area contributed by atoms with E-state index in [1.54, 1.807) is 6.08 Å². The lowest BCUT2D eigenvalue weighted by Crippen LogP contribution is -2.03. The summed E-state index contributed by atoms with van der Waals surface area (Å²) in [5, 5.41) is 11.1. The molecule has 3 nitrogen and oxygen atoms in total. The number of ether oxygens (including phenoxy) is 1. The first-order valence-corrected chi connectivity index (χ1v) is 7.15. The molecule has 2 aromatic carbocycles. The van der Waals surface area contributed by atoms with E-state index in [1.165, 1.54) is 0 Å². The molecule has 4 heteroatoms.